The van der Waals surface area contributed by atoms with Crippen LogP contribution >= 0.6 is 0 Å². The van der Waals surface area contributed by atoms with E-state index in [-0.39, 0.29) is 6.61 Å². The number of hydrogen-bond donors (Lipinski definition) is 0. The van der Waals surface area contributed by atoms with E-state index in [0.717, 1.165) is 25.8 Å². The normalized spacial score (nSPS) is 10.5. The van der Waals surface area contributed by atoms with Crippen LogP contribution in [0.3, 0.4) is 0 Å². The predicted molar refractivity (Wildman–Crippen MR) is 82.3 cm³/mol. The van der Waals surface area contributed by atoms with Gasteiger partial charge >= 0.3 is 0 Å². The number of ether oxygens (including phenoxy) is 2. The monoisotopic (exact) mass is 303 g/mol. The number of methoxy groups -OCH3 is 1. The molecule has 0 amide bonds. The molecule has 0 aliphatic carbocycles. The van der Waals surface area contributed by atoms with Crippen molar-refractivity contribution in [3.8, 4) is 11.5 Å². The molecular formula is C16H21N3O3. The number of benzene rings is 1. The number of aldehydes is 1. The Hall–Kier alpha value is -2.37. The molecule has 0 unspecified atom stereocenters. The summed E-state index contributed by atoms with van der Waals surface area (Å²) in [6.45, 7) is 3.11. The third kappa shape index (κ3) is 3.84. The van der Waals surface area contributed by atoms with E-state index in [2.05, 4.69) is 17.2 Å². The van der Waals surface area contributed by atoms with Gasteiger partial charge in [-0.1, -0.05) is 37.1 Å². The molecule has 0 aliphatic heterocycles. The maximum Gasteiger partial charge on any atom is 0.172 e. The molecule has 0 fully saturated rings. The molecule has 1 heterocycles. The van der Waals surface area contributed by atoms with Crippen LogP contribution in [0.25, 0.3) is 0 Å². The van der Waals surface area contributed by atoms with Crippen LogP contribution in [0.4, 0.5) is 0 Å². The van der Waals surface area contributed by atoms with E-state index in [1.165, 1.54) is 0 Å². The molecule has 1 aromatic carbocycles. The lowest BCUT2D eigenvalue weighted by atomic mass is 10.2. The molecule has 1 aromatic heterocycles. The van der Waals surface area contributed by atoms with Crippen LogP contribution < -0.4 is 9.47 Å². The highest BCUT2D eigenvalue weighted by molar-refractivity contribution is 5.73. The fraction of sp³-hybridized carbons (Fsp3) is 0.438. The summed E-state index contributed by atoms with van der Waals surface area (Å²) >= 11 is 0. The largest absolute Gasteiger partial charge is 0.493 e. The quantitative estimate of drug-likeness (QED) is 0.526. The van der Waals surface area contributed by atoms with Gasteiger partial charge in [0.25, 0.3) is 0 Å². The molecule has 0 spiro atoms. The minimum absolute atomic E-state index is 0.230. The lowest BCUT2D eigenvalue weighted by molar-refractivity contribution is 0.111. The second-order valence-electron chi connectivity index (χ2n) is 4.91. The highest BCUT2D eigenvalue weighted by atomic mass is 16.5. The summed E-state index contributed by atoms with van der Waals surface area (Å²) in [5, 5.41) is 7.94. The molecule has 0 N–H and O–H groups in total. The van der Waals surface area contributed by atoms with Crippen molar-refractivity contribution in [2.45, 2.75) is 39.3 Å². The predicted octanol–water partition coefficient (Wildman–Crippen LogP) is 2.87. The summed E-state index contributed by atoms with van der Waals surface area (Å²) in [5.74, 6) is 1.28. The summed E-state index contributed by atoms with van der Waals surface area (Å²) < 4.78 is 12.8. The first-order valence-corrected chi connectivity index (χ1v) is 7.43. The van der Waals surface area contributed by atoms with Crippen LogP contribution in [-0.4, -0.2) is 28.4 Å². The van der Waals surface area contributed by atoms with Gasteiger partial charge in [0.15, 0.2) is 23.5 Å². The summed E-state index contributed by atoms with van der Waals surface area (Å²) in [6, 6.07) is 7.39. The Balaban J connectivity index is 2.10. The zero-order valence-corrected chi connectivity index (χ0v) is 13.0. The van der Waals surface area contributed by atoms with Crippen molar-refractivity contribution in [1.82, 2.24) is 15.0 Å². The first kappa shape index (κ1) is 16.0. The SMILES string of the molecule is CCCCCn1nnc(C=O)c1COc1ccccc1OC. The van der Waals surface area contributed by atoms with Crippen molar-refractivity contribution in [1.29, 1.82) is 0 Å². The van der Waals surface area contributed by atoms with Crippen molar-refractivity contribution >= 4 is 6.29 Å². The molecule has 2 rings (SSSR count). The summed E-state index contributed by atoms with van der Waals surface area (Å²) in [4.78, 5) is 11.1. The fourth-order valence-electron chi connectivity index (χ4n) is 2.16. The van der Waals surface area contributed by atoms with Gasteiger partial charge in [-0.05, 0) is 18.6 Å². The molecule has 6 heteroatoms. The minimum Gasteiger partial charge on any atom is -0.493 e. The summed E-state index contributed by atoms with van der Waals surface area (Å²) in [5.41, 5.74) is 1.02. The third-order valence-corrected chi connectivity index (χ3v) is 3.39. The van der Waals surface area contributed by atoms with Crippen molar-refractivity contribution < 1.29 is 14.3 Å². The summed E-state index contributed by atoms with van der Waals surface area (Å²) in [6.07, 6.45) is 3.95. The highest BCUT2D eigenvalue weighted by Crippen LogP contribution is 2.26. The lowest BCUT2D eigenvalue weighted by Gasteiger charge is -2.11. The highest BCUT2D eigenvalue weighted by Gasteiger charge is 2.14. The average Bonchev–Trinajstić information content (AvgIpc) is 2.95. The molecule has 0 aliphatic rings. The number of nitrogens with zero attached hydrogens (tertiary/aromatic N) is 3. The van der Waals surface area contributed by atoms with E-state index in [9.17, 15) is 4.79 Å². The Morgan fingerprint density at radius 2 is 2.00 bits per heavy atom. The number of hydrogen-bond acceptors (Lipinski definition) is 5. The molecule has 2 aromatic rings. The van der Waals surface area contributed by atoms with Gasteiger partial charge in [0, 0.05) is 6.54 Å². The van der Waals surface area contributed by atoms with Gasteiger partial charge < -0.3 is 9.47 Å². The molecule has 6 nitrogen and oxygen atoms in total. The number of rotatable bonds is 9. The second kappa shape index (κ2) is 8.17. The number of unbranched alkanes of at least 4 members (excludes halogenated alkanes) is 2. The Labute approximate surface area is 130 Å². The van der Waals surface area contributed by atoms with Gasteiger partial charge in [0.05, 0.1) is 7.11 Å². The van der Waals surface area contributed by atoms with E-state index in [0.29, 0.717) is 29.2 Å². The van der Waals surface area contributed by atoms with Crippen molar-refractivity contribution in [2.24, 2.45) is 0 Å². The number of carbonyl (C=O) groups excluding carboxylic acids is 1. The first-order chi connectivity index (χ1) is 10.8. The zero-order chi connectivity index (χ0) is 15.8. The fourth-order valence-corrected chi connectivity index (χ4v) is 2.16. The first-order valence-electron chi connectivity index (χ1n) is 7.43. The van der Waals surface area contributed by atoms with Crippen molar-refractivity contribution in [2.75, 3.05) is 7.11 Å². The standard InChI is InChI=1S/C16H21N3O3/c1-3-4-7-10-19-14(13(11-20)17-18-19)12-22-16-9-6-5-8-15(16)21-2/h5-6,8-9,11H,3-4,7,10,12H2,1-2H3. The van der Waals surface area contributed by atoms with Crippen molar-refractivity contribution in [3.05, 3.63) is 35.7 Å². The van der Waals surface area contributed by atoms with E-state index < -0.39 is 0 Å². The van der Waals surface area contributed by atoms with Crippen LogP contribution in [0.5, 0.6) is 11.5 Å². The molecule has 0 saturated heterocycles. The number of para-hydroxylation sites is 2. The van der Waals surface area contributed by atoms with Crippen LogP contribution in [-0.2, 0) is 13.2 Å². The van der Waals surface area contributed by atoms with Gasteiger partial charge in [0.1, 0.15) is 12.3 Å². The smallest absolute Gasteiger partial charge is 0.172 e. The maximum absolute atomic E-state index is 11.1. The van der Waals surface area contributed by atoms with Crippen LogP contribution in [0.2, 0.25) is 0 Å². The van der Waals surface area contributed by atoms with Crippen LogP contribution in [0.1, 0.15) is 42.4 Å². The number of carbonyl (C=O) groups is 1. The van der Waals surface area contributed by atoms with E-state index >= 15 is 0 Å². The molecule has 22 heavy (non-hydrogen) atoms. The Morgan fingerprint density at radius 3 is 2.68 bits per heavy atom. The van der Waals surface area contributed by atoms with Gasteiger partial charge in [-0.3, -0.25) is 4.79 Å². The second-order valence-corrected chi connectivity index (χ2v) is 4.91. The van der Waals surface area contributed by atoms with Gasteiger partial charge in [-0.2, -0.15) is 0 Å². The molecule has 0 bridgehead atoms. The minimum atomic E-state index is 0.230. The number of aryl methyl sites for hydroxylation is 1. The molecule has 0 saturated carbocycles. The van der Waals surface area contributed by atoms with E-state index in [1.807, 2.05) is 24.3 Å². The molecule has 0 atom stereocenters. The summed E-state index contributed by atoms with van der Waals surface area (Å²) in [7, 11) is 1.59. The van der Waals surface area contributed by atoms with Gasteiger partial charge in [0.2, 0.25) is 0 Å². The third-order valence-electron chi connectivity index (χ3n) is 3.39. The van der Waals surface area contributed by atoms with Crippen LogP contribution in [0.15, 0.2) is 24.3 Å². The Morgan fingerprint density at radius 1 is 1.23 bits per heavy atom. The molecular weight excluding hydrogens is 282 g/mol. The topological polar surface area (TPSA) is 66.2 Å². The zero-order valence-electron chi connectivity index (χ0n) is 13.0. The Kier molecular flexibility index (Phi) is 5.94. The average molecular weight is 303 g/mol. The van der Waals surface area contributed by atoms with Gasteiger partial charge in [-0.15, -0.1) is 5.10 Å². The van der Waals surface area contributed by atoms with Crippen LogP contribution in [0, 0.1) is 0 Å². The number of aromatic nitrogens is 3. The van der Waals surface area contributed by atoms with E-state index in [4.69, 9.17) is 9.47 Å². The lowest BCUT2D eigenvalue weighted by Crippen LogP contribution is -2.10. The molecule has 118 valence electrons. The maximum atomic E-state index is 11.1. The van der Waals surface area contributed by atoms with E-state index in [1.54, 1.807) is 11.8 Å². The molecule has 0 radical (unpaired) electrons. The van der Waals surface area contributed by atoms with Gasteiger partial charge in [-0.25, -0.2) is 4.68 Å². The van der Waals surface area contributed by atoms with Crippen molar-refractivity contribution in [3.63, 3.8) is 0 Å². The Bertz CT molecular complexity index is 610.